The maximum Gasteiger partial charge on any atom is 0.295 e. The predicted octanol–water partition coefficient (Wildman–Crippen LogP) is 3.28. The summed E-state index contributed by atoms with van der Waals surface area (Å²) in [5.74, 6) is 0.448. The van der Waals surface area contributed by atoms with Gasteiger partial charge in [0.15, 0.2) is 0 Å². The molecule has 3 heterocycles. The van der Waals surface area contributed by atoms with Crippen molar-refractivity contribution in [3.8, 4) is 5.75 Å². The number of aryl methyl sites for hydroxylation is 1. The van der Waals surface area contributed by atoms with Crippen LogP contribution in [0.4, 0.5) is 0 Å². The molecule has 2 aromatic rings. The normalized spacial score (nSPS) is 22.3. The first-order valence-electron chi connectivity index (χ1n) is 10.6. The molecule has 4 rings (SSSR count). The number of amides is 1. The third-order valence-electron chi connectivity index (χ3n) is 5.74. The molecular formula is C24H28N2O5. The lowest BCUT2D eigenvalue weighted by Crippen LogP contribution is -2.32. The molecule has 0 saturated carbocycles. The fourth-order valence-electron chi connectivity index (χ4n) is 4.29. The minimum atomic E-state index is -0.751. The van der Waals surface area contributed by atoms with Gasteiger partial charge in [-0.2, -0.15) is 0 Å². The summed E-state index contributed by atoms with van der Waals surface area (Å²) in [5.41, 5.74) is 1.54. The molecule has 2 aliphatic rings. The zero-order valence-corrected chi connectivity index (χ0v) is 18.3. The first-order valence-corrected chi connectivity index (χ1v) is 10.6. The average Bonchev–Trinajstić information content (AvgIpc) is 3.37. The van der Waals surface area contributed by atoms with Crippen LogP contribution in [0.3, 0.4) is 0 Å². The summed E-state index contributed by atoms with van der Waals surface area (Å²) in [7, 11) is 3.92. The van der Waals surface area contributed by atoms with E-state index in [9.17, 15) is 14.7 Å². The van der Waals surface area contributed by atoms with Crippen molar-refractivity contribution in [1.82, 2.24) is 9.80 Å². The maximum atomic E-state index is 13.0. The summed E-state index contributed by atoms with van der Waals surface area (Å²) >= 11 is 0. The standard InChI is InChI=1S/C24H28N2O5/c1-14-6-8-19(30-14)21-20(23(28)24(29)26(21)11-5-10-25(3)4)22(27)16-7-9-18-17(13-16)12-15(2)31-18/h6-9,13,15,21,27H,5,10-12H2,1-4H3/b22-20+/t15-,21-/m0/s1. The number of Topliss-reactive ketones (excluding diaryl/α,β-unsaturated/α-hetero) is 1. The Kier molecular flexibility index (Phi) is 5.62. The molecule has 0 aliphatic carbocycles. The van der Waals surface area contributed by atoms with Gasteiger partial charge in [-0.25, -0.2) is 0 Å². The van der Waals surface area contributed by atoms with Gasteiger partial charge in [0.1, 0.15) is 35.2 Å². The molecule has 0 unspecified atom stereocenters. The monoisotopic (exact) mass is 424 g/mol. The summed E-state index contributed by atoms with van der Waals surface area (Å²) in [4.78, 5) is 29.5. The molecule has 1 fully saturated rings. The highest BCUT2D eigenvalue weighted by Gasteiger charge is 2.47. The fraction of sp³-hybridized carbons (Fsp3) is 0.417. The van der Waals surface area contributed by atoms with Gasteiger partial charge in [0.25, 0.3) is 11.7 Å². The van der Waals surface area contributed by atoms with Crippen molar-refractivity contribution in [3.05, 3.63) is 58.6 Å². The summed E-state index contributed by atoms with van der Waals surface area (Å²) < 4.78 is 11.5. The minimum Gasteiger partial charge on any atom is -0.507 e. The number of benzene rings is 1. The number of hydrogen-bond acceptors (Lipinski definition) is 6. The lowest BCUT2D eigenvalue weighted by molar-refractivity contribution is -0.140. The minimum absolute atomic E-state index is 0.0658. The van der Waals surface area contributed by atoms with Crippen LogP contribution in [-0.4, -0.2) is 59.9 Å². The van der Waals surface area contributed by atoms with Gasteiger partial charge in [0, 0.05) is 18.5 Å². The van der Waals surface area contributed by atoms with E-state index in [2.05, 4.69) is 0 Å². The zero-order valence-electron chi connectivity index (χ0n) is 18.3. The Morgan fingerprint density at radius 1 is 1.23 bits per heavy atom. The number of likely N-dealkylation sites (tertiary alicyclic amines) is 1. The van der Waals surface area contributed by atoms with Crippen molar-refractivity contribution in [3.63, 3.8) is 0 Å². The first-order chi connectivity index (χ1) is 14.8. The van der Waals surface area contributed by atoms with Crippen LogP contribution in [0.5, 0.6) is 5.75 Å². The van der Waals surface area contributed by atoms with Crippen molar-refractivity contribution in [2.45, 2.75) is 38.8 Å². The lowest BCUT2D eigenvalue weighted by atomic mass is 9.97. The second-order valence-electron chi connectivity index (χ2n) is 8.55. The third-order valence-corrected chi connectivity index (χ3v) is 5.74. The number of fused-ring (bicyclic) bond motifs is 1. The van der Waals surface area contributed by atoms with Crippen molar-refractivity contribution < 1.29 is 23.8 Å². The van der Waals surface area contributed by atoms with E-state index in [0.717, 1.165) is 24.3 Å². The number of hydrogen-bond donors (Lipinski definition) is 1. The molecule has 164 valence electrons. The largest absolute Gasteiger partial charge is 0.507 e. The molecular weight excluding hydrogens is 396 g/mol. The van der Waals surface area contributed by atoms with E-state index < -0.39 is 17.7 Å². The zero-order chi connectivity index (χ0) is 22.3. The van der Waals surface area contributed by atoms with Crippen LogP contribution in [-0.2, 0) is 16.0 Å². The Labute approximate surface area is 181 Å². The molecule has 0 radical (unpaired) electrons. The average molecular weight is 424 g/mol. The van der Waals surface area contributed by atoms with Crippen LogP contribution in [0.25, 0.3) is 5.76 Å². The molecule has 1 aromatic carbocycles. The number of aliphatic hydroxyl groups excluding tert-OH is 1. The van der Waals surface area contributed by atoms with Crippen LogP contribution in [0, 0.1) is 6.92 Å². The summed E-state index contributed by atoms with van der Waals surface area (Å²) in [6.07, 6.45) is 1.50. The van der Waals surface area contributed by atoms with Crippen molar-refractivity contribution in [2.75, 3.05) is 27.2 Å². The second-order valence-corrected chi connectivity index (χ2v) is 8.55. The smallest absolute Gasteiger partial charge is 0.295 e. The van der Waals surface area contributed by atoms with Gasteiger partial charge in [0.2, 0.25) is 0 Å². The summed E-state index contributed by atoms with van der Waals surface area (Å²) in [6, 6.07) is 8.15. The summed E-state index contributed by atoms with van der Waals surface area (Å²) in [6.45, 7) is 4.96. The van der Waals surface area contributed by atoms with Crippen molar-refractivity contribution in [1.29, 1.82) is 0 Å². The number of carbonyl (C=O) groups excluding carboxylic acids is 2. The van der Waals surface area contributed by atoms with E-state index in [1.54, 1.807) is 24.3 Å². The lowest BCUT2D eigenvalue weighted by Gasteiger charge is -2.24. The van der Waals surface area contributed by atoms with E-state index in [1.807, 2.05) is 38.9 Å². The molecule has 7 heteroatoms. The Morgan fingerprint density at radius 2 is 2.00 bits per heavy atom. The molecule has 2 atom stereocenters. The van der Waals surface area contributed by atoms with Crippen LogP contribution < -0.4 is 4.74 Å². The maximum absolute atomic E-state index is 13.0. The fourth-order valence-corrected chi connectivity index (χ4v) is 4.29. The Balaban J connectivity index is 1.76. The predicted molar refractivity (Wildman–Crippen MR) is 116 cm³/mol. The summed E-state index contributed by atoms with van der Waals surface area (Å²) in [5, 5.41) is 11.2. The quantitative estimate of drug-likeness (QED) is 0.435. The number of ether oxygens (including phenoxy) is 1. The Hall–Kier alpha value is -3.06. The van der Waals surface area contributed by atoms with Gasteiger partial charge >= 0.3 is 0 Å². The van der Waals surface area contributed by atoms with Gasteiger partial charge in [-0.05, 0) is 76.8 Å². The van der Waals surface area contributed by atoms with Gasteiger partial charge in [-0.1, -0.05) is 0 Å². The molecule has 7 nitrogen and oxygen atoms in total. The van der Waals surface area contributed by atoms with Gasteiger partial charge in [-0.3, -0.25) is 9.59 Å². The highest BCUT2D eigenvalue weighted by molar-refractivity contribution is 6.46. The van der Waals surface area contributed by atoms with E-state index >= 15 is 0 Å². The Bertz CT molecular complexity index is 1050. The molecule has 1 N–H and O–H groups in total. The second kappa shape index (κ2) is 8.23. The van der Waals surface area contributed by atoms with Gasteiger partial charge < -0.3 is 24.1 Å². The number of nitrogens with zero attached hydrogens (tertiary/aromatic N) is 2. The molecule has 0 bridgehead atoms. The molecule has 2 aliphatic heterocycles. The highest BCUT2D eigenvalue weighted by atomic mass is 16.5. The highest BCUT2D eigenvalue weighted by Crippen LogP contribution is 2.41. The van der Waals surface area contributed by atoms with Gasteiger partial charge in [0.05, 0.1) is 5.57 Å². The SMILES string of the molecule is Cc1ccc([C@H]2/C(=C(\O)c3ccc4c(c3)C[C@H](C)O4)C(=O)C(=O)N2CCCN(C)C)o1. The number of ketones is 1. The molecule has 0 spiro atoms. The van der Waals surface area contributed by atoms with Crippen LogP contribution in [0.15, 0.2) is 40.3 Å². The van der Waals surface area contributed by atoms with Crippen molar-refractivity contribution >= 4 is 17.4 Å². The molecule has 1 aromatic heterocycles. The molecule has 1 amide bonds. The van der Waals surface area contributed by atoms with E-state index in [0.29, 0.717) is 30.0 Å². The van der Waals surface area contributed by atoms with Gasteiger partial charge in [-0.15, -0.1) is 0 Å². The number of carbonyl (C=O) groups is 2. The Morgan fingerprint density at radius 3 is 2.68 bits per heavy atom. The third kappa shape index (κ3) is 3.97. The number of furan rings is 1. The van der Waals surface area contributed by atoms with Crippen LogP contribution in [0.1, 0.15) is 42.0 Å². The van der Waals surface area contributed by atoms with E-state index in [-0.39, 0.29) is 17.4 Å². The van der Waals surface area contributed by atoms with E-state index in [4.69, 9.17) is 9.15 Å². The van der Waals surface area contributed by atoms with Crippen LogP contribution in [0.2, 0.25) is 0 Å². The van der Waals surface area contributed by atoms with E-state index in [1.165, 1.54) is 4.90 Å². The van der Waals surface area contributed by atoms with Crippen LogP contribution >= 0.6 is 0 Å². The number of rotatable bonds is 6. The topological polar surface area (TPSA) is 83.2 Å². The molecule has 1 saturated heterocycles. The molecule has 31 heavy (non-hydrogen) atoms. The van der Waals surface area contributed by atoms with Crippen molar-refractivity contribution in [2.24, 2.45) is 0 Å². The number of aliphatic hydroxyl groups is 1. The first kappa shape index (κ1) is 21.2.